The van der Waals surface area contributed by atoms with Crippen LogP contribution in [-0.2, 0) is 35.7 Å². The van der Waals surface area contributed by atoms with Crippen LogP contribution in [0.2, 0.25) is 0 Å². The van der Waals surface area contributed by atoms with E-state index in [1.165, 1.54) is 29.2 Å². The molecule has 2 aliphatic heterocycles. The van der Waals surface area contributed by atoms with E-state index >= 15 is 0 Å². The van der Waals surface area contributed by atoms with Crippen LogP contribution < -0.4 is 36.5 Å². The first kappa shape index (κ1) is 41.7. The number of nitrogens with two attached hydrogens (primary N) is 1. The molecule has 1 saturated heterocycles. The van der Waals surface area contributed by atoms with E-state index < -0.39 is 33.6 Å². The Labute approximate surface area is 335 Å². The number of carbonyl (C=O) groups is 6. The highest BCUT2D eigenvalue weighted by Crippen LogP contribution is 2.33. The lowest BCUT2D eigenvalue weighted by Crippen LogP contribution is -2.52. The number of ether oxygens (including phenoxy) is 1. The van der Waals surface area contributed by atoms with Gasteiger partial charge in [-0.15, -0.1) is 0 Å². The van der Waals surface area contributed by atoms with E-state index in [0.29, 0.717) is 59.6 Å². The van der Waals surface area contributed by atoms with Crippen molar-refractivity contribution in [1.82, 2.24) is 25.7 Å². The van der Waals surface area contributed by atoms with E-state index in [2.05, 4.69) is 31.5 Å². The van der Waals surface area contributed by atoms with Crippen LogP contribution in [0.4, 0.5) is 31.7 Å². The number of benzene rings is 3. The Morgan fingerprint density at radius 2 is 1.73 bits per heavy atom. The number of hydrogen-bond acceptors (Lipinski definition) is 11. The Bertz CT molecular complexity index is 2390. The lowest BCUT2D eigenvalue weighted by Gasteiger charge is -2.29. The van der Waals surface area contributed by atoms with Crippen molar-refractivity contribution in [3.05, 3.63) is 83.4 Å². The van der Waals surface area contributed by atoms with Gasteiger partial charge < -0.3 is 31.3 Å². The minimum absolute atomic E-state index is 0.0330. The quantitative estimate of drug-likeness (QED) is 0.0565. The summed E-state index contributed by atoms with van der Waals surface area (Å²) in [5.41, 5.74) is 7.97. The zero-order valence-electron chi connectivity index (χ0n) is 31.2. The van der Waals surface area contributed by atoms with E-state index in [0.717, 1.165) is 0 Å². The van der Waals surface area contributed by atoms with E-state index in [-0.39, 0.29) is 78.8 Å². The molecule has 59 heavy (non-hydrogen) atoms. The molecule has 0 spiro atoms. The minimum Gasteiger partial charge on any atom is -0.484 e. The van der Waals surface area contributed by atoms with E-state index in [9.17, 15) is 46.0 Å². The van der Waals surface area contributed by atoms with Crippen LogP contribution >= 0.6 is 0 Å². The number of nitrogens with zero attached hydrogens (tertiary/aromatic N) is 2. The summed E-state index contributed by atoms with van der Waals surface area (Å²) >= 11 is 0. The summed E-state index contributed by atoms with van der Waals surface area (Å²) in [5, 5.41) is 17.7. The van der Waals surface area contributed by atoms with Crippen LogP contribution in [0.25, 0.3) is 11.3 Å². The molecule has 1 atom stereocenters. The summed E-state index contributed by atoms with van der Waals surface area (Å²) in [6.45, 7) is 0.195. The average Bonchev–Trinajstić information content (AvgIpc) is 3.77. The highest BCUT2D eigenvalue weighted by molar-refractivity contribution is 7.93. The number of nitrogens with one attached hydrogen (secondary N) is 6. The molecule has 8 N–H and O–H groups in total. The molecule has 0 bridgehead atoms. The number of rotatable bonds is 18. The van der Waals surface area contributed by atoms with Crippen molar-refractivity contribution in [1.29, 1.82) is 0 Å². The molecule has 310 valence electrons. The Hall–Kier alpha value is -6.90. The molecule has 1 unspecified atom stereocenters. The molecule has 4 aromatic rings. The highest BCUT2D eigenvalue weighted by Gasteiger charge is 2.40. The molecule has 1 fully saturated rings. The summed E-state index contributed by atoms with van der Waals surface area (Å²) in [7, 11) is -4.87. The lowest BCUT2D eigenvalue weighted by molar-refractivity contribution is -0.137. The summed E-state index contributed by atoms with van der Waals surface area (Å²) in [6.07, 6.45) is 2.38. The van der Waals surface area contributed by atoms with Crippen LogP contribution in [-0.4, -0.2) is 83.9 Å². The van der Waals surface area contributed by atoms with Gasteiger partial charge in [-0.2, -0.15) is 13.9 Å². The number of fused-ring (bicyclic) bond motifs is 1. The van der Waals surface area contributed by atoms with Crippen LogP contribution in [0.1, 0.15) is 64.8 Å². The van der Waals surface area contributed by atoms with Gasteiger partial charge in [0.25, 0.3) is 27.7 Å². The normalized spacial score (nSPS) is 15.1. The summed E-state index contributed by atoms with van der Waals surface area (Å²) in [5.74, 6) is -5.91. The van der Waals surface area contributed by atoms with E-state index in [1.807, 2.05) is 0 Å². The monoisotopic (exact) mass is 835 g/mol. The van der Waals surface area contributed by atoms with Gasteiger partial charge in [0.2, 0.25) is 17.7 Å². The SMILES string of the molecule is NC(=O)c1c(Nc2cccc(OCC(=O)NCCCCCC(=O)Nc3cccc4c3CN(C3CCC(=O)NC3=O)C4=O)c2)n[nH]c1-c1ccc(NS(=O)(=O)C(F)F)cc1. The minimum atomic E-state index is -4.87. The Morgan fingerprint density at radius 1 is 0.966 bits per heavy atom. The third-order valence-electron chi connectivity index (χ3n) is 9.41. The van der Waals surface area contributed by atoms with Gasteiger partial charge in [0.1, 0.15) is 17.4 Å². The number of halogens is 2. The molecule has 1 aromatic heterocycles. The molecule has 0 aliphatic carbocycles. The maximum absolute atomic E-state index is 13.0. The topological polar surface area (TPSA) is 264 Å². The van der Waals surface area contributed by atoms with E-state index in [1.54, 1.807) is 47.2 Å². The van der Waals surface area contributed by atoms with Gasteiger partial charge in [0, 0.05) is 65.8 Å². The first-order valence-electron chi connectivity index (χ1n) is 18.3. The summed E-state index contributed by atoms with van der Waals surface area (Å²) in [6, 6.07) is 16.0. The molecule has 3 aromatic carbocycles. The van der Waals surface area contributed by atoms with Crippen molar-refractivity contribution in [2.24, 2.45) is 5.73 Å². The first-order chi connectivity index (χ1) is 28.2. The summed E-state index contributed by atoms with van der Waals surface area (Å²) < 4.78 is 55.8. The Balaban J connectivity index is 0.916. The van der Waals surface area contributed by atoms with Gasteiger partial charge >= 0.3 is 5.76 Å². The smallest absolute Gasteiger partial charge is 0.355 e. The molecule has 0 saturated carbocycles. The molecule has 0 radical (unpaired) electrons. The number of hydrogen-bond donors (Lipinski definition) is 7. The predicted octanol–water partition coefficient (Wildman–Crippen LogP) is 3.34. The second-order valence-corrected chi connectivity index (χ2v) is 15.2. The number of anilines is 4. The molecule has 21 heteroatoms. The number of alkyl halides is 2. The molecular weight excluding hydrogens is 797 g/mol. The van der Waals surface area contributed by atoms with Crippen molar-refractivity contribution in [3.63, 3.8) is 0 Å². The third-order valence-corrected chi connectivity index (χ3v) is 10.4. The second-order valence-electron chi connectivity index (χ2n) is 13.6. The standard InChI is InChI=1S/C38H39F2N9O9S/c39-38(40)59(56,57)48-22-13-11-21(12-14-22)33-32(34(41)53)35(47-46-33)43-23-6-4-7-24(18-23)58-20-31(52)42-17-3-1-2-10-29(50)44-27-9-5-8-25-26(27)19-49(37(25)55)28-15-16-30(51)45-36(28)54/h4-9,11-14,18,28,38,48H,1-3,10,15-17,19-20H2,(H2,41,53)(H,42,52)(H,44,50)(H2,43,46,47)(H,45,51,54). The number of unbranched alkanes of at least 4 members (excludes halogenated alkanes) is 2. The van der Waals surface area contributed by atoms with Crippen LogP contribution in [0.5, 0.6) is 5.75 Å². The number of H-pyrrole nitrogens is 1. The number of aromatic amines is 1. The van der Waals surface area contributed by atoms with Gasteiger partial charge in [-0.1, -0.05) is 30.7 Å². The number of imide groups is 1. The van der Waals surface area contributed by atoms with Crippen LogP contribution in [0.15, 0.2) is 66.7 Å². The van der Waals surface area contributed by atoms with E-state index in [4.69, 9.17) is 10.5 Å². The fourth-order valence-corrected chi connectivity index (χ4v) is 7.08. The maximum atomic E-state index is 13.0. The molecular formula is C38H39F2N9O9S. The number of amides is 6. The van der Waals surface area contributed by atoms with Gasteiger partial charge in [-0.05, 0) is 55.7 Å². The van der Waals surface area contributed by atoms with Crippen molar-refractivity contribution in [3.8, 4) is 17.0 Å². The van der Waals surface area contributed by atoms with Crippen molar-refractivity contribution in [2.75, 3.05) is 28.5 Å². The predicted molar refractivity (Wildman–Crippen MR) is 209 cm³/mol. The van der Waals surface area contributed by atoms with Crippen molar-refractivity contribution in [2.45, 2.75) is 56.9 Å². The average molecular weight is 836 g/mol. The zero-order valence-corrected chi connectivity index (χ0v) is 32.0. The van der Waals surface area contributed by atoms with Crippen LogP contribution in [0.3, 0.4) is 0 Å². The lowest BCUT2D eigenvalue weighted by atomic mass is 10.0. The van der Waals surface area contributed by atoms with Gasteiger partial charge in [0.15, 0.2) is 12.4 Å². The number of piperidine rings is 1. The number of sulfonamides is 1. The van der Waals surface area contributed by atoms with Gasteiger partial charge in [-0.25, -0.2) is 8.42 Å². The third kappa shape index (κ3) is 10.2. The van der Waals surface area contributed by atoms with Gasteiger partial charge in [0.05, 0.1) is 5.69 Å². The Morgan fingerprint density at radius 3 is 2.46 bits per heavy atom. The number of aromatic nitrogens is 2. The Kier molecular flexibility index (Phi) is 12.8. The second kappa shape index (κ2) is 18.1. The largest absolute Gasteiger partial charge is 0.484 e. The molecule has 2 aliphatic rings. The van der Waals surface area contributed by atoms with Crippen LogP contribution in [0, 0.1) is 0 Å². The fourth-order valence-electron chi connectivity index (χ4n) is 6.53. The molecule has 3 heterocycles. The first-order valence-corrected chi connectivity index (χ1v) is 19.9. The van der Waals surface area contributed by atoms with Gasteiger partial charge in [-0.3, -0.25) is 43.9 Å². The summed E-state index contributed by atoms with van der Waals surface area (Å²) in [4.78, 5) is 76.1. The number of carbonyl (C=O) groups excluding carboxylic acids is 6. The molecule has 18 nitrogen and oxygen atoms in total. The highest BCUT2D eigenvalue weighted by atomic mass is 32.2. The maximum Gasteiger partial charge on any atom is 0.355 e. The van der Waals surface area contributed by atoms with Crippen molar-refractivity contribution >= 4 is 68.3 Å². The molecule has 6 amide bonds. The zero-order chi connectivity index (χ0) is 42.3. The fraction of sp³-hybridized carbons (Fsp3) is 0.289. The van der Waals surface area contributed by atoms with Crippen molar-refractivity contribution < 1.29 is 50.7 Å². The number of primary amides is 1. The molecule has 6 rings (SSSR count).